The molecule has 0 aliphatic carbocycles. The van der Waals surface area contributed by atoms with Crippen LogP contribution in [0.3, 0.4) is 0 Å². The number of benzene rings is 3. The number of carbonyl (C=O) groups excluding carboxylic acids is 2. The molecule has 1 saturated heterocycles. The molecule has 5 aromatic rings. The normalized spacial score (nSPS) is 17.6. The largest absolute Gasteiger partial charge is 0.443 e. The quantitative estimate of drug-likeness (QED) is 0.132. The van der Waals surface area contributed by atoms with E-state index in [9.17, 15) is 40.3 Å². The van der Waals surface area contributed by atoms with E-state index in [4.69, 9.17) is 16.3 Å². The van der Waals surface area contributed by atoms with Crippen LogP contribution in [0.2, 0.25) is 5.02 Å². The highest BCUT2D eigenvalue weighted by atomic mass is 35.5. The first-order valence-electron chi connectivity index (χ1n) is 16.6. The van der Waals surface area contributed by atoms with Crippen LogP contribution >= 0.6 is 11.6 Å². The maximum Gasteiger partial charge on any atom is 0.437 e. The van der Waals surface area contributed by atoms with Gasteiger partial charge in [-0.05, 0) is 48.2 Å². The van der Waals surface area contributed by atoms with Gasteiger partial charge in [0.1, 0.15) is 18.5 Å². The van der Waals surface area contributed by atoms with Crippen LogP contribution in [0.1, 0.15) is 56.1 Å². The van der Waals surface area contributed by atoms with Gasteiger partial charge in [-0.3, -0.25) is 9.69 Å². The summed E-state index contributed by atoms with van der Waals surface area (Å²) in [5.41, 5.74) is -3.74. The first-order chi connectivity index (χ1) is 26.4. The molecule has 56 heavy (non-hydrogen) atoms. The van der Waals surface area contributed by atoms with Crippen molar-refractivity contribution < 1.29 is 45.1 Å². The zero-order chi connectivity index (χ0) is 40.6. The molecule has 293 valence electrons. The van der Waals surface area contributed by atoms with Crippen molar-refractivity contribution in [3.05, 3.63) is 120 Å². The molecule has 1 fully saturated rings. The number of amides is 2. The number of halogens is 8. The van der Waals surface area contributed by atoms with Gasteiger partial charge in [-0.2, -0.15) is 45.6 Å². The summed E-state index contributed by atoms with van der Waals surface area (Å²) in [6.45, 7) is -0.384. The van der Waals surface area contributed by atoms with Crippen molar-refractivity contribution in [2.45, 2.75) is 57.7 Å². The van der Waals surface area contributed by atoms with E-state index in [1.165, 1.54) is 48.5 Å². The second-order valence-corrected chi connectivity index (χ2v) is 13.7. The number of guanidine groups is 1. The Labute approximate surface area is 319 Å². The van der Waals surface area contributed by atoms with Crippen molar-refractivity contribution in [1.82, 2.24) is 34.8 Å². The number of hydrogen-bond acceptors (Lipinski definition) is 6. The van der Waals surface area contributed by atoms with Crippen LogP contribution in [0.5, 0.6) is 0 Å². The van der Waals surface area contributed by atoms with E-state index in [2.05, 4.69) is 32.4 Å². The number of nitrogens with zero attached hydrogens (tertiary/aromatic N) is 7. The number of nitrogens with one attached hydrogen (secondary N) is 1. The van der Waals surface area contributed by atoms with Gasteiger partial charge in [0, 0.05) is 17.3 Å². The number of carbonyl (C=O) groups is 2. The summed E-state index contributed by atoms with van der Waals surface area (Å²) in [5.74, 6) is -1.88. The molecule has 0 bridgehead atoms. The fourth-order valence-electron chi connectivity index (χ4n) is 6.18. The smallest absolute Gasteiger partial charge is 0.437 e. The summed E-state index contributed by atoms with van der Waals surface area (Å²) >= 11 is 6.38. The van der Waals surface area contributed by atoms with E-state index in [-0.39, 0.29) is 39.8 Å². The van der Waals surface area contributed by atoms with E-state index in [0.29, 0.717) is 20.5 Å². The van der Waals surface area contributed by atoms with Crippen LogP contribution in [0.15, 0.2) is 96.4 Å². The van der Waals surface area contributed by atoms with Crippen molar-refractivity contribution in [1.29, 1.82) is 0 Å². The van der Waals surface area contributed by atoms with Gasteiger partial charge in [0.25, 0.3) is 5.91 Å². The maximum atomic E-state index is 14.9. The Balaban J connectivity index is 1.47. The standard InChI is InChI=1S/C37H31ClF7N8O3/c1-21(24-11-14-27(38)26(17-24)29-46-20-47-53(29)32(41)42)52-30(54)36(19-35(2,3)37(43,44)45,49-33(52)48-34(55)56-18-22-7-5-4-6-8-22)25-12-9-23(10-13-25)28-15-16-51(50-28)31(39)40/h4-17,20-21,31-32H,1,18-19H2,2-3H3,(H,48,49,55)/t21-,36+/m0/s1. The average molecular weight is 804 g/mol. The van der Waals surface area contributed by atoms with Crippen molar-refractivity contribution in [2.24, 2.45) is 10.4 Å². The molecule has 0 unspecified atom stereocenters. The highest BCUT2D eigenvalue weighted by molar-refractivity contribution is 6.33. The first kappa shape index (κ1) is 39.9. The minimum absolute atomic E-state index is 0.0150. The zero-order valence-corrected chi connectivity index (χ0v) is 30.1. The molecule has 2 aromatic heterocycles. The Bertz CT molecular complexity index is 2240. The highest BCUT2D eigenvalue weighted by Gasteiger charge is 2.60. The van der Waals surface area contributed by atoms with Gasteiger partial charge in [0.2, 0.25) is 5.96 Å². The van der Waals surface area contributed by atoms with E-state index in [0.717, 1.165) is 31.3 Å². The SMILES string of the molecule is [CH2][C@@H](c1ccc(Cl)c(-c2ncnn2C(F)F)c1)N1C(=O)[C@@](CC(C)(C)C(F)(F)F)(c2ccc(-c3ccn(C(F)F)n3)cc2)N/C1=N/C(=O)OCc1ccccc1. The lowest BCUT2D eigenvalue weighted by Crippen LogP contribution is -2.50. The van der Waals surface area contributed by atoms with Crippen LogP contribution in [-0.4, -0.2) is 53.6 Å². The third-order valence-corrected chi connectivity index (χ3v) is 9.51. The molecule has 2 atom stereocenters. The number of hydrogen-bond donors (Lipinski definition) is 1. The summed E-state index contributed by atoms with van der Waals surface area (Å²) in [7, 11) is 0. The average Bonchev–Trinajstić information content (AvgIpc) is 3.90. The van der Waals surface area contributed by atoms with Crippen molar-refractivity contribution in [3.63, 3.8) is 0 Å². The molecule has 1 aliphatic rings. The molecule has 1 radical (unpaired) electrons. The van der Waals surface area contributed by atoms with Crippen LogP contribution in [0, 0.1) is 12.3 Å². The fraction of sp³-hybridized carbons (Fsp3) is 0.270. The molecule has 0 saturated carbocycles. The maximum absolute atomic E-state index is 14.9. The predicted octanol–water partition coefficient (Wildman–Crippen LogP) is 9.13. The molecular formula is C37H31ClF7N8O3. The fourth-order valence-corrected chi connectivity index (χ4v) is 6.38. The molecule has 1 aliphatic heterocycles. The number of aromatic nitrogens is 5. The molecule has 0 spiro atoms. The Hall–Kier alpha value is -5.78. The second kappa shape index (κ2) is 15.4. The monoisotopic (exact) mass is 803 g/mol. The summed E-state index contributed by atoms with van der Waals surface area (Å²) in [6, 6.07) is 17.9. The molecule has 6 rings (SSSR count). The Morgan fingerprint density at radius 2 is 1.70 bits per heavy atom. The van der Waals surface area contributed by atoms with E-state index in [1.54, 1.807) is 30.3 Å². The second-order valence-electron chi connectivity index (χ2n) is 13.3. The van der Waals surface area contributed by atoms with Gasteiger partial charge in [-0.1, -0.05) is 86.1 Å². The lowest BCUT2D eigenvalue weighted by molar-refractivity contribution is -0.218. The predicted molar refractivity (Wildman–Crippen MR) is 189 cm³/mol. The van der Waals surface area contributed by atoms with Gasteiger partial charge in [-0.15, -0.1) is 4.99 Å². The molecule has 19 heteroatoms. The van der Waals surface area contributed by atoms with Gasteiger partial charge in [0.05, 0.1) is 22.2 Å². The van der Waals surface area contributed by atoms with Crippen LogP contribution in [0.4, 0.5) is 35.5 Å². The molecule has 3 aromatic carbocycles. The molecule has 3 heterocycles. The molecule has 11 nitrogen and oxygen atoms in total. The van der Waals surface area contributed by atoms with Crippen molar-refractivity contribution in [3.8, 4) is 22.6 Å². The topological polar surface area (TPSA) is 120 Å². The Morgan fingerprint density at radius 1 is 1.00 bits per heavy atom. The molecular weight excluding hydrogens is 773 g/mol. The zero-order valence-electron chi connectivity index (χ0n) is 29.4. The van der Waals surface area contributed by atoms with Gasteiger partial charge in [0.15, 0.2) is 5.82 Å². The number of rotatable bonds is 11. The van der Waals surface area contributed by atoms with Crippen LogP contribution in [-0.2, 0) is 21.7 Å². The highest BCUT2D eigenvalue weighted by Crippen LogP contribution is 2.49. The molecule has 2 amide bonds. The van der Waals surface area contributed by atoms with Crippen molar-refractivity contribution in [2.75, 3.05) is 0 Å². The number of ether oxygens (including phenoxy) is 1. The summed E-state index contributed by atoms with van der Waals surface area (Å²) in [5, 5.41) is 10.1. The van der Waals surface area contributed by atoms with E-state index in [1.807, 2.05) is 0 Å². The number of aliphatic imine (C=N–C) groups is 1. The lowest BCUT2D eigenvalue weighted by Gasteiger charge is -2.37. The van der Waals surface area contributed by atoms with E-state index < -0.39 is 60.7 Å². The summed E-state index contributed by atoms with van der Waals surface area (Å²) in [4.78, 5) is 36.9. The van der Waals surface area contributed by atoms with Crippen LogP contribution < -0.4 is 5.32 Å². The number of alkyl halides is 7. The minimum Gasteiger partial charge on any atom is -0.443 e. The molecule has 1 N–H and O–H groups in total. The van der Waals surface area contributed by atoms with E-state index >= 15 is 0 Å². The van der Waals surface area contributed by atoms with Gasteiger partial charge >= 0.3 is 25.4 Å². The van der Waals surface area contributed by atoms with Crippen molar-refractivity contribution >= 4 is 29.6 Å². The lowest BCUT2D eigenvalue weighted by atomic mass is 9.74. The minimum atomic E-state index is -4.85. The van der Waals surface area contributed by atoms with Gasteiger partial charge in [-0.25, -0.2) is 14.5 Å². The first-order valence-corrected chi connectivity index (χ1v) is 17.0. The summed E-state index contributed by atoms with van der Waals surface area (Å²) in [6.07, 6.45) is -5.06. The summed E-state index contributed by atoms with van der Waals surface area (Å²) < 4.78 is 104. The Morgan fingerprint density at radius 3 is 2.32 bits per heavy atom. The van der Waals surface area contributed by atoms with Gasteiger partial charge < -0.3 is 10.1 Å². The Kier molecular flexibility index (Phi) is 11.0. The third-order valence-electron chi connectivity index (χ3n) is 9.18. The third kappa shape index (κ3) is 7.82. The van der Waals surface area contributed by atoms with Crippen LogP contribution in [0.25, 0.3) is 22.6 Å².